The molecule has 0 spiro atoms. The van der Waals surface area contributed by atoms with E-state index >= 15 is 0 Å². The molecule has 0 aromatic heterocycles. The number of nitrogens with two attached hydrogens (primary N) is 2. The Morgan fingerprint density at radius 3 is 2.71 bits per heavy atom. The van der Waals surface area contributed by atoms with E-state index in [9.17, 15) is 4.79 Å². The molecule has 2 aromatic carbocycles. The van der Waals surface area contributed by atoms with Crippen LogP contribution in [-0.4, -0.2) is 12.5 Å². The van der Waals surface area contributed by atoms with Gasteiger partial charge in [-0.05, 0) is 36.8 Å². The summed E-state index contributed by atoms with van der Waals surface area (Å²) in [5.41, 5.74) is 13.5. The number of rotatable bonds is 6. The average Bonchev–Trinajstić information content (AvgIpc) is 2.48. The summed E-state index contributed by atoms with van der Waals surface area (Å²) in [6, 6.07) is 12.9. The fraction of sp³-hybridized carbons (Fsp3) is 0.188. The van der Waals surface area contributed by atoms with Gasteiger partial charge in [-0.15, -0.1) is 11.8 Å². The highest BCUT2D eigenvalue weighted by atomic mass is 32.2. The maximum absolute atomic E-state index is 11.4. The number of amides is 1. The fourth-order valence-corrected chi connectivity index (χ4v) is 2.94. The normalized spacial score (nSPS) is 10.3. The number of ether oxygens (including phenoxy) is 1. The Balaban J connectivity index is 2.16. The second kappa shape index (κ2) is 7.04. The van der Waals surface area contributed by atoms with E-state index in [0.717, 1.165) is 16.2 Å². The Morgan fingerprint density at radius 2 is 2.00 bits per heavy atom. The van der Waals surface area contributed by atoms with Crippen LogP contribution >= 0.6 is 11.8 Å². The van der Waals surface area contributed by atoms with Gasteiger partial charge in [-0.3, -0.25) is 4.79 Å². The first-order chi connectivity index (χ1) is 10.1. The molecule has 0 saturated heterocycles. The Kier molecular flexibility index (Phi) is 5.11. The molecular weight excluding hydrogens is 284 g/mol. The number of hydrogen-bond acceptors (Lipinski definition) is 4. The standard InChI is InChI=1S/C16H18N2O2S/c1-2-20-12-7-8-14(17)15(9-12)21-10-11-5-3-4-6-13(11)16(18)19/h3-9H,2,10,17H2,1H3,(H2,18,19). The van der Waals surface area contributed by atoms with Crippen molar-refractivity contribution in [2.45, 2.75) is 17.6 Å². The van der Waals surface area contributed by atoms with E-state index in [1.54, 1.807) is 23.9 Å². The predicted octanol–water partition coefficient (Wildman–Crippen LogP) is 3.06. The van der Waals surface area contributed by atoms with Crippen LogP contribution < -0.4 is 16.2 Å². The second-order valence-electron chi connectivity index (χ2n) is 4.44. The molecule has 0 radical (unpaired) electrons. The number of carbonyl (C=O) groups excluding carboxylic acids is 1. The van der Waals surface area contributed by atoms with Gasteiger partial charge < -0.3 is 16.2 Å². The third-order valence-corrected chi connectivity index (χ3v) is 4.08. The van der Waals surface area contributed by atoms with Crippen LogP contribution in [0.2, 0.25) is 0 Å². The van der Waals surface area contributed by atoms with E-state index < -0.39 is 5.91 Å². The van der Waals surface area contributed by atoms with Crippen molar-refractivity contribution in [1.29, 1.82) is 0 Å². The molecule has 5 heteroatoms. The van der Waals surface area contributed by atoms with E-state index in [0.29, 0.717) is 23.6 Å². The maximum atomic E-state index is 11.4. The van der Waals surface area contributed by atoms with Crippen molar-refractivity contribution in [2.75, 3.05) is 12.3 Å². The summed E-state index contributed by atoms with van der Waals surface area (Å²) in [5.74, 6) is 0.999. The fourth-order valence-electron chi connectivity index (χ4n) is 1.94. The smallest absolute Gasteiger partial charge is 0.249 e. The van der Waals surface area contributed by atoms with E-state index in [2.05, 4.69) is 0 Å². The van der Waals surface area contributed by atoms with Gasteiger partial charge >= 0.3 is 0 Å². The molecule has 0 aliphatic heterocycles. The molecule has 0 bridgehead atoms. The molecule has 4 nitrogen and oxygen atoms in total. The molecule has 0 heterocycles. The van der Waals surface area contributed by atoms with Gasteiger partial charge in [-0.2, -0.15) is 0 Å². The molecule has 21 heavy (non-hydrogen) atoms. The summed E-state index contributed by atoms with van der Waals surface area (Å²) in [5, 5.41) is 0. The third kappa shape index (κ3) is 3.92. The first kappa shape index (κ1) is 15.3. The van der Waals surface area contributed by atoms with Crippen molar-refractivity contribution < 1.29 is 9.53 Å². The minimum atomic E-state index is -0.415. The SMILES string of the molecule is CCOc1ccc(N)c(SCc2ccccc2C(N)=O)c1. The molecule has 0 aliphatic rings. The van der Waals surface area contributed by atoms with Crippen molar-refractivity contribution in [3.63, 3.8) is 0 Å². The summed E-state index contributed by atoms with van der Waals surface area (Å²) in [6.07, 6.45) is 0. The molecular formula is C16H18N2O2S. The monoisotopic (exact) mass is 302 g/mol. The van der Waals surface area contributed by atoms with Gasteiger partial charge in [0.1, 0.15) is 5.75 Å². The summed E-state index contributed by atoms with van der Waals surface area (Å²) < 4.78 is 5.47. The first-order valence-corrected chi connectivity index (χ1v) is 7.63. The topological polar surface area (TPSA) is 78.3 Å². The van der Waals surface area contributed by atoms with Gasteiger partial charge in [-0.1, -0.05) is 18.2 Å². The van der Waals surface area contributed by atoms with Gasteiger partial charge in [-0.25, -0.2) is 0 Å². The Labute approximate surface area is 128 Å². The van der Waals surface area contributed by atoms with Crippen molar-refractivity contribution in [3.05, 3.63) is 53.6 Å². The van der Waals surface area contributed by atoms with Crippen molar-refractivity contribution in [1.82, 2.24) is 0 Å². The summed E-state index contributed by atoms with van der Waals surface area (Å²) in [7, 11) is 0. The third-order valence-electron chi connectivity index (χ3n) is 2.96. The van der Waals surface area contributed by atoms with Gasteiger partial charge in [0.2, 0.25) is 5.91 Å². The first-order valence-electron chi connectivity index (χ1n) is 6.64. The predicted molar refractivity (Wildman–Crippen MR) is 86.5 cm³/mol. The lowest BCUT2D eigenvalue weighted by atomic mass is 10.1. The molecule has 1 amide bonds. The zero-order valence-electron chi connectivity index (χ0n) is 11.8. The van der Waals surface area contributed by atoms with Crippen LogP contribution in [0.25, 0.3) is 0 Å². The number of nitrogen functional groups attached to an aromatic ring is 1. The average molecular weight is 302 g/mol. The Hall–Kier alpha value is -2.14. The van der Waals surface area contributed by atoms with Crippen molar-refractivity contribution >= 4 is 23.4 Å². The number of thioether (sulfide) groups is 1. The van der Waals surface area contributed by atoms with Crippen LogP contribution in [0, 0.1) is 0 Å². The molecule has 2 aromatic rings. The van der Waals surface area contributed by atoms with E-state index in [-0.39, 0.29) is 0 Å². The highest BCUT2D eigenvalue weighted by molar-refractivity contribution is 7.98. The number of hydrogen-bond donors (Lipinski definition) is 2. The van der Waals surface area contributed by atoms with Crippen molar-refractivity contribution in [2.24, 2.45) is 5.73 Å². The summed E-state index contributed by atoms with van der Waals surface area (Å²) in [6.45, 7) is 2.55. The lowest BCUT2D eigenvalue weighted by molar-refractivity contribution is 0.0999. The highest BCUT2D eigenvalue weighted by Crippen LogP contribution is 2.32. The maximum Gasteiger partial charge on any atom is 0.249 e. The van der Waals surface area contributed by atoms with Crippen LogP contribution in [0.1, 0.15) is 22.8 Å². The lowest BCUT2D eigenvalue weighted by Crippen LogP contribution is -2.13. The lowest BCUT2D eigenvalue weighted by Gasteiger charge is -2.10. The molecule has 2 rings (SSSR count). The van der Waals surface area contributed by atoms with E-state index in [4.69, 9.17) is 16.2 Å². The summed E-state index contributed by atoms with van der Waals surface area (Å²) in [4.78, 5) is 12.3. The molecule has 110 valence electrons. The Bertz CT molecular complexity index is 644. The van der Waals surface area contributed by atoms with E-state index in [1.807, 2.05) is 37.3 Å². The van der Waals surface area contributed by atoms with Crippen molar-refractivity contribution in [3.8, 4) is 5.75 Å². The summed E-state index contributed by atoms with van der Waals surface area (Å²) >= 11 is 1.56. The van der Waals surface area contributed by atoms with Crippen LogP contribution in [0.4, 0.5) is 5.69 Å². The molecule has 0 unspecified atom stereocenters. The van der Waals surface area contributed by atoms with Crippen LogP contribution in [0.5, 0.6) is 5.75 Å². The molecule has 0 fully saturated rings. The largest absolute Gasteiger partial charge is 0.494 e. The molecule has 0 atom stereocenters. The molecule has 0 saturated carbocycles. The van der Waals surface area contributed by atoms with Crippen LogP contribution in [-0.2, 0) is 5.75 Å². The van der Waals surface area contributed by atoms with Gasteiger partial charge in [0.15, 0.2) is 0 Å². The number of anilines is 1. The number of carbonyl (C=O) groups is 1. The number of benzene rings is 2. The zero-order valence-corrected chi connectivity index (χ0v) is 12.7. The van der Waals surface area contributed by atoms with Gasteiger partial charge in [0.25, 0.3) is 0 Å². The minimum absolute atomic E-state index is 0.415. The molecule has 4 N–H and O–H groups in total. The highest BCUT2D eigenvalue weighted by Gasteiger charge is 2.09. The van der Waals surface area contributed by atoms with Crippen LogP contribution in [0.15, 0.2) is 47.4 Å². The van der Waals surface area contributed by atoms with Gasteiger partial charge in [0, 0.05) is 21.9 Å². The minimum Gasteiger partial charge on any atom is -0.494 e. The molecule has 0 aliphatic carbocycles. The number of primary amides is 1. The zero-order chi connectivity index (χ0) is 15.2. The Morgan fingerprint density at radius 1 is 1.24 bits per heavy atom. The van der Waals surface area contributed by atoms with Crippen LogP contribution in [0.3, 0.4) is 0 Å². The van der Waals surface area contributed by atoms with E-state index in [1.165, 1.54) is 0 Å². The van der Waals surface area contributed by atoms with Gasteiger partial charge in [0.05, 0.1) is 6.61 Å². The quantitative estimate of drug-likeness (QED) is 0.635. The second-order valence-corrected chi connectivity index (χ2v) is 5.46.